The van der Waals surface area contributed by atoms with Gasteiger partial charge in [-0.3, -0.25) is 0 Å². The molecular weight excluding hydrogens is 164 g/mol. The minimum atomic E-state index is 0.891. The Morgan fingerprint density at radius 3 is 3.38 bits per heavy atom. The van der Waals surface area contributed by atoms with Crippen molar-refractivity contribution in [1.82, 2.24) is 5.16 Å². The van der Waals surface area contributed by atoms with Gasteiger partial charge in [0.2, 0.25) is 0 Å². The van der Waals surface area contributed by atoms with E-state index < -0.39 is 0 Å². The standard InChI is InChI=1S/C10H10N2O/c1-2-7-8-6-12-13-10(8)4-3-9(7)11-5-1/h3-4,6,11H,1-2,5H2. The van der Waals surface area contributed by atoms with Gasteiger partial charge in [-0.1, -0.05) is 5.16 Å². The maximum Gasteiger partial charge on any atom is 0.167 e. The molecule has 1 N–H and O–H groups in total. The Bertz CT molecular complexity index is 447. The minimum absolute atomic E-state index is 0.891. The van der Waals surface area contributed by atoms with Gasteiger partial charge in [-0.15, -0.1) is 0 Å². The molecule has 1 aromatic carbocycles. The van der Waals surface area contributed by atoms with E-state index in [9.17, 15) is 0 Å². The minimum Gasteiger partial charge on any atom is -0.385 e. The van der Waals surface area contributed by atoms with E-state index in [2.05, 4.69) is 16.5 Å². The van der Waals surface area contributed by atoms with Crippen LogP contribution in [-0.2, 0) is 6.42 Å². The molecule has 0 atom stereocenters. The quantitative estimate of drug-likeness (QED) is 0.665. The molecule has 0 saturated heterocycles. The zero-order valence-corrected chi connectivity index (χ0v) is 7.21. The number of rotatable bonds is 0. The monoisotopic (exact) mass is 174 g/mol. The molecule has 0 amide bonds. The van der Waals surface area contributed by atoms with E-state index in [1.54, 1.807) is 6.20 Å². The number of benzene rings is 1. The van der Waals surface area contributed by atoms with Crippen molar-refractivity contribution in [1.29, 1.82) is 0 Å². The van der Waals surface area contributed by atoms with Crippen LogP contribution in [0.3, 0.4) is 0 Å². The Balaban J connectivity index is 2.34. The molecule has 1 aliphatic heterocycles. The van der Waals surface area contributed by atoms with Crippen molar-refractivity contribution < 1.29 is 4.52 Å². The summed E-state index contributed by atoms with van der Waals surface area (Å²) in [7, 11) is 0. The highest BCUT2D eigenvalue weighted by Gasteiger charge is 2.13. The lowest BCUT2D eigenvalue weighted by Gasteiger charge is -2.17. The Labute approximate surface area is 75.7 Å². The lowest BCUT2D eigenvalue weighted by atomic mass is 10.0. The second kappa shape index (κ2) is 2.49. The van der Waals surface area contributed by atoms with E-state index in [-0.39, 0.29) is 0 Å². The van der Waals surface area contributed by atoms with Gasteiger partial charge in [0.05, 0.1) is 6.20 Å². The summed E-state index contributed by atoms with van der Waals surface area (Å²) in [5.74, 6) is 0. The fraction of sp³-hybridized carbons (Fsp3) is 0.300. The fourth-order valence-electron chi connectivity index (χ4n) is 1.92. The first-order valence-corrected chi connectivity index (χ1v) is 4.55. The molecule has 1 aromatic heterocycles. The summed E-state index contributed by atoms with van der Waals surface area (Å²) in [5.41, 5.74) is 3.48. The number of hydrogen-bond acceptors (Lipinski definition) is 3. The van der Waals surface area contributed by atoms with Crippen molar-refractivity contribution in [2.45, 2.75) is 12.8 Å². The third kappa shape index (κ3) is 0.932. The highest BCUT2D eigenvalue weighted by Crippen LogP contribution is 2.29. The fourth-order valence-corrected chi connectivity index (χ4v) is 1.92. The third-order valence-electron chi connectivity index (χ3n) is 2.57. The van der Waals surface area contributed by atoms with Crippen LogP contribution >= 0.6 is 0 Å². The summed E-state index contributed by atoms with van der Waals surface area (Å²) in [4.78, 5) is 0. The molecule has 2 heterocycles. The summed E-state index contributed by atoms with van der Waals surface area (Å²) in [5, 5.41) is 8.34. The first-order valence-electron chi connectivity index (χ1n) is 4.55. The molecular formula is C10H10N2O. The Hall–Kier alpha value is -1.51. The van der Waals surface area contributed by atoms with Crippen LogP contribution < -0.4 is 5.32 Å². The highest BCUT2D eigenvalue weighted by molar-refractivity contribution is 5.85. The van der Waals surface area contributed by atoms with Crippen LogP contribution in [0.5, 0.6) is 0 Å². The van der Waals surface area contributed by atoms with Crippen molar-refractivity contribution in [2.75, 3.05) is 11.9 Å². The van der Waals surface area contributed by atoms with Crippen LogP contribution in [0.15, 0.2) is 22.9 Å². The van der Waals surface area contributed by atoms with Gasteiger partial charge in [-0.25, -0.2) is 0 Å². The molecule has 0 fully saturated rings. The molecule has 3 nitrogen and oxygen atoms in total. The zero-order chi connectivity index (χ0) is 8.67. The second-order valence-corrected chi connectivity index (χ2v) is 3.36. The summed E-state index contributed by atoms with van der Waals surface area (Å²) < 4.78 is 5.11. The molecule has 0 radical (unpaired) electrons. The van der Waals surface area contributed by atoms with E-state index in [0.717, 1.165) is 23.9 Å². The molecule has 0 bridgehead atoms. The Kier molecular flexibility index (Phi) is 1.33. The molecule has 13 heavy (non-hydrogen) atoms. The Morgan fingerprint density at radius 2 is 2.38 bits per heavy atom. The third-order valence-corrected chi connectivity index (χ3v) is 2.57. The van der Waals surface area contributed by atoms with Crippen LogP contribution in [0.4, 0.5) is 5.69 Å². The van der Waals surface area contributed by atoms with E-state index in [1.807, 2.05) is 6.07 Å². The molecule has 2 aromatic rings. The van der Waals surface area contributed by atoms with Crippen LogP contribution in [0, 0.1) is 0 Å². The maximum absolute atomic E-state index is 5.11. The summed E-state index contributed by atoms with van der Waals surface area (Å²) in [6.07, 6.45) is 4.12. The van der Waals surface area contributed by atoms with Crippen LogP contribution in [0.2, 0.25) is 0 Å². The van der Waals surface area contributed by atoms with E-state index in [0.29, 0.717) is 0 Å². The van der Waals surface area contributed by atoms with Crippen LogP contribution in [-0.4, -0.2) is 11.7 Å². The molecule has 0 unspecified atom stereocenters. The predicted molar refractivity (Wildman–Crippen MR) is 50.8 cm³/mol. The summed E-state index contributed by atoms with van der Waals surface area (Å²) in [6, 6.07) is 4.04. The van der Waals surface area contributed by atoms with Gasteiger partial charge in [0.15, 0.2) is 5.58 Å². The number of aryl methyl sites for hydroxylation is 1. The van der Waals surface area contributed by atoms with E-state index in [4.69, 9.17) is 4.52 Å². The topological polar surface area (TPSA) is 38.1 Å². The Morgan fingerprint density at radius 1 is 1.38 bits per heavy atom. The number of fused-ring (bicyclic) bond motifs is 3. The van der Waals surface area contributed by atoms with Gasteiger partial charge in [0.25, 0.3) is 0 Å². The lowest BCUT2D eigenvalue weighted by molar-refractivity contribution is 0.456. The summed E-state index contributed by atoms with van der Waals surface area (Å²) in [6.45, 7) is 1.07. The number of aromatic nitrogens is 1. The van der Waals surface area contributed by atoms with E-state index in [1.165, 1.54) is 17.7 Å². The van der Waals surface area contributed by atoms with Gasteiger partial charge < -0.3 is 9.84 Å². The van der Waals surface area contributed by atoms with E-state index >= 15 is 0 Å². The number of anilines is 1. The van der Waals surface area contributed by atoms with Gasteiger partial charge in [-0.05, 0) is 30.5 Å². The van der Waals surface area contributed by atoms with Crippen LogP contribution in [0.25, 0.3) is 11.0 Å². The van der Waals surface area contributed by atoms with Crippen molar-refractivity contribution >= 4 is 16.7 Å². The van der Waals surface area contributed by atoms with Gasteiger partial charge in [-0.2, -0.15) is 0 Å². The lowest BCUT2D eigenvalue weighted by Crippen LogP contribution is -2.11. The van der Waals surface area contributed by atoms with Crippen molar-refractivity contribution in [3.8, 4) is 0 Å². The zero-order valence-electron chi connectivity index (χ0n) is 7.21. The first-order chi connectivity index (χ1) is 6.45. The highest BCUT2D eigenvalue weighted by atomic mass is 16.5. The van der Waals surface area contributed by atoms with Crippen LogP contribution in [0.1, 0.15) is 12.0 Å². The van der Waals surface area contributed by atoms with Gasteiger partial charge in [0, 0.05) is 17.6 Å². The number of nitrogens with one attached hydrogen (secondary N) is 1. The predicted octanol–water partition coefficient (Wildman–Crippen LogP) is 2.19. The molecule has 1 aliphatic rings. The molecule has 3 rings (SSSR count). The maximum atomic E-state index is 5.11. The average molecular weight is 174 g/mol. The number of hydrogen-bond donors (Lipinski definition) is 1. The smallest absolute Gasteiger partial charge is 0.167 e. The van der Waals surface area contributed by atoms with Gasteiger partial charge >= 0.3 is 0 Å². The van der Waals surface area contributed by atoms with Crippen molar-refractivity contribution in [3.05, 3.63) is 23.9 Å². The SMILES string of the molecule is c1cc2oncc2c2c1NCCC2. The first kappa shape index (κ1) is 6.95. The molecule has 0 spiro atoms. The molecule has 0 saturated carbocycles. The summed E-state index contributed by atoms with van der Waals surface area (Å²) >= 11 is 0. The second-order valence-electron chi connectivity index (χ2n) is 3.36. The van der Waals surface area contributed by atoms with Crippen molar-refractivity contribution in [3.63, 3.8) is 0 Å². The molecule has 0 aliphatic carbocycles. The molecule has 3 heteroatoms. The average Bonchev–Trinajstić information content (AvgIpc) is 2.65. The normalized spacial score (nSPS) is 15.4. The largest absolute Gasteiger partial charge is 0.385 e. The number of nitrogens with zero attached hydrogens (tertiary/aromatic N) is 1. The van der Waals surface area contributed by atoms with Crippen molar-refractivity contribution in [2.24, 2.45) is 0 Å². The molecule has 66 valence electrons. The van der Waals surface area contributed by atoms with Gasteiger partial charge in [0.1, 0.15) is 0 Å².